The molecule has 0 heterocycles. The minimum atomic E-state index is -0.286. The Labute approximate surface area is 61.2 Å². The minimum Gasteiger partial charge on any atom is -0.369 e. The second-order valence-corrected chi connectivity index (χ2v) is 2.01. The molecule has 0 atom stereocenters. The lowest BCUT2D eigenvalue weighted by Crippen LogP contribution is -2.22. The summed E-state index contributed by atoms with van der Waals surface area (Å²) in [6.07, 6.45) is 2.60. The Hall–Kier alpha value is -0.830. The van der Waals surface area contributed by atoms with Crippen molar-refractivity contribution in [2.24, 2.45) is 0 Å². The molecule has 0 aromatic carbocycles. The highest BCUT2D eigenvalue weighted by molar-refractivity contribution is 5.65. The van der Waals surface area contributed by atoms with Gasteiger partial charge in [0.2, 0.25) is 0 Å². The number of carbonyl (C=O) groups is 1. The molecular weight excluding hydrogens is 130 g/mol. The molecule has 0 aliphatic rings. The maximum atomic E-state index is 10.3. The summed E-state index contributed by atoms with van der Waals surface area (Å²) in [6, 6.07) is 0. The fourth-order valence-corrected chi connectivity index (χ4v) is 0.538. The number of rotatable bonds is 4. The van der Waals surface area contributed by atoms with E-state index in [4.69, 9.17) is 4.84 Å². The van der Waals surface area contributed by atoms with E-state index in [1.54, 1.807) is 13.1 Å². The lowest BCUT2D eigenvalue weighted by atomic mass is 10.4. The summed E-state index contributed by atoms with van der Waals surface area (Å²) < 4.78 is 0. The molecule has 0 aromatic rings. The fraction of sp³-hybridized carbons (Fsp3) is 0.571. The van der Waals surface area contributed by atoms with E-state index in [2.05, 4.69) is 6.58 Å². The third-order valence-corrected chi connectivity index (χ3v) is 0.933. The molecule has 0 amide bonds. The summed E-state index contributed by atoms with van der Waals surface area (Å²) >= 11 is 0. The highest BCUT2D eigenvalue weighted by Gasteiger charge is 1.98. The molecule has 58 valence electrons. The molecule has 0 aliphatic heterocycles. The molecule has 0 unspecified atom stereocenters. The topological polar surface area (TPSA) is 29.5 Å². The average molecular weight is 143 g/mol. The molecule has 0 radical (unpaired) electrons. The molecule has 3 heteroatoms. The van der Waals surface area contributed by atoms with Gasteiger partial charge in [-0.25, -0.2) is 0 Å². The van der Waals surface area contributed by atoms with Gasteiger partial charge in [0.05, 0.1) is 0 Å². The van der Waals surface area contributed by atoms with Crippen molar-refractivity contribution in [3.05, 3.63) is 12.7 Å². The average Bonchev–Trinajstić information content (AvgIpc) is 1.82. The van der Waals surface area contributed by atoms with Crippen molar-refractivity contribution < 1.29 is 9.63 Å². The Morgan fingerprint density at radius 2 is 2.40 bits per heavy atom. The number of hydrogen-bond acceptors (Lipinski definition) is 3. The van der Waals surface area contributed by atoms with Crippen LogP contribution < -0.4 is 0 Å². The quantitative estimate of drug-likeness (QED) is 0.434. The number of hydrogen-bond donors (Lipinski definition) is 0. The van der Waals surface area contributed by atoms with E-state index in [0.29, 0.717) is 6.54 Å². The summed E-state index contributed by atoms with van der Waals surface area (Å²) in [6.45, 7) is 5.62. The fourth-order valence-electron chi connectivity index (χ4n) is 0.538. The first-order valence-corrected chi connectivity index (χ1v) is 3.17. The summed E-state index contributed by atoms with van der Waals surface area (Å²) in [7, 11) is 1.71. The van der Waals surface area contributed by atoms with Gasteiger partial charge in [0.1, 0.15) is 0 Å². The van der Waals surface area contributed by atoms with Gasteiger partial charge in [-0.15, -0.1) is 11.6 Å². The van der Waals surface area contributed by atoms with Gasteiger partial charge in [-0.1, -0.05) is 6.08 Å². The van der Waals surface area contributed by atoms with E-state index in [1.165, 1.54) is 12.0 Å². The van der Waals surface area contributed by atoms with Crippen molar-refractivity contribution in [1.29, 1.82) is 0 Å². The zero-order chi connectivity index (χ0) is 7.98. The first kappa shape index (κ1) is 9.17. The third kappa shape index (κ3) is 5.31. The molecule has 0 saturated carbocycles. The summed E-state index contributed by atoms with van der Waals surface area (Å²) in [5, 5.41) is 1.49. The summed E-state index contributed by atoms with van der Waals surface area (Å²) in [5.74, 6) is -0.286. The maximum Gasteiger partial charge on any atom is 0.322 e. The molecule has 0 spiro atoms. The van der Waals surface area contributed by atoms with Gasteiger partial charge < -0.3 is 4.84 Å². The molecule has 0 saturated heterocycles. The Balaban J connectivity index is 3.33. The number of carbonyl (C=O) groups excluding carboxylic acids is 1. The molecule has 0 rings (SSSR count). The number of hydroxylamine groups is 2. The highest BCUT2D eigenvalue weighted by Crippen LogP contribution is 1.89. The van der Waals surface area contributed by atoms with E-state index in [1.807, 2.05) is 0 Å². The SMILES string of the molecule is C=CCCN(C)OC(C)=O. The van der Waals surface area contributed by atoms with Gasteiger partial charge >= 0.3 is 5.97 Å². The summed E-state index contributed by atoms with van der Waals surface area (Å²) in [4.78, 5) is 15.0. The van der Waals surface area contributed by atoms with Crippen LogP contribution in [-0.4, -0.2) is 24.6 Å². The van der Waals surface area contributed by atoms with Gasteiger partial charge in [0, 0.05) is 20.5 Å². The molecule has 0 aliphatic carbocycles. The standard InChI is InChI=1S/C7H13NO2/c1-4-5-6-8(3)10-7(2)9/h4H,1,5-6H2,2-3H3. The van der Waals surface area contributed by atoms with Crippen LogP contribution in [0.2, 0.25) is 0 Å². The highest BCUT2D eigenvalue weighted by atomic mass is 16.7. The Bertz CT molecular complexity index is 123. The predicted octanol–water partition coefficient (Wildman–Crippen LogP) is 0.972. The van der Waals surface area contributed by atoms with Crippen molar-refractivity contribution in [2.45, 2.75) is 13.3 Å². The summed E-state index contributed by atoms with van der Waals surface area (Å²) in [5.41, 5.74) is 0. The van der Waals surface area contributed by atoms with Gasteiger partial charge in [-0.2, -0.15) is 0 Å². The monoisotopic (exact) mass is 143 g/mol. The van der Waals surface area contributed by atoms with E-state index >= 15 is 0 Å². The Morgan fingerprint density at radius 3 is 2.80 bits per heavy atom. The van der Waals surface area contributed by atoms with Gasteiger partial charge in [-0.05, 0) is 6.42 Å². The van der Waals surface area contributed by atoms with E-state index < -0.39 is 0 Å². The van der Waals surface area contributed by atoms with Crippen LogP contribution >= 0.6 is 0 Å². The van der Waals surface area contributed by atoms with E-state index in [9.17, 15) is 4.79 Å². The molecule has 0 fully saturated rings. The van der Waals surface area contributed by atoms with Crippen LogP contribution in [0.15, 0.2) is 12.7 Å². The van der Waals surface area contributed by atoms with Crippen LogP contribution in [0.3, 0.4) is 0 Å². The predicted molar refractivity (Wildman–Crippen MR) is 39.2 cm³/mol. The molecule has 0 bridgehead atoms. The van der Waals surface area contributed by atoms with Crippen molar-refractivity contribution in [2.75, 3.05) is 13.6 Å². The first-order chi connectivity index (χ1) is 4.66. The maximum absolute atomic E-state index is 10.3. The van der Waals surface area contributed by atoms with Crippen molar-refractivity contribution in [3.63, 3.8) is 0 Å². The molecular formula is C7H13NO2. The smallest absolute Gasteiger partial charge is 0.322 e. The largest absolute Gasteiger partial charge is 0.369 e. The van der Waals surface area contributed by atoms with Crippen molar-refractivity contribution in [3.8, 4) is 0 Å². The minimum absolute atomic E-state index is 0.286. The van der Waals surface area contributed by atoms with Crippen LogP contribution in [0.1, 0.15) is 13.3 Å². The number of nitrogens with zero attached hydrogens (tertiary/aromatic N) is 1. The van der Waals surface area contributed by atoms with E-state index in [0.717, 1.165) is 6.42 Å². The molecule has 0 N–H and O–H groups in total. The van der Waals surface area contributed by atoms with Crippen LogP contribution in [0.4, 0.5) is 0 Å². The zero-order valence-electron chi connectivity index (χ0n) is 6.46. The van der Waals surface area contributed by atoms with Crippen LogP contribution in [0.5, 0.6) is 0 Å². The van der Waals surface area contributed by atoms with Crippen LogP contribution in [0.25, 0.3) is 0 Å². The second-order valence-electron chi connectivity index (χ2n) is 2.01. The van der Waals surface area contributed by atoms with Gasteiger partial charge in [-0.3, -0.25) is 4.79 Å². The van der Waals surface area contributed by atoms with Crippen molar-refractivity contribution in [1.82, 2.24) is 5.06 Å². The lowest BCUT2D eigenvalue weighted by Gasteiger charge is -2.12. The normalized spacial score (nSPS) is 9.50. The lowest BCUT2D eigenvalue weighted by molar-refractivity contribution is -0.180. The van der Waals surface area contributed by atoms with Gasteiger partial charge in [0.15, 0.2) is 0 Å². The van der Waals surface area contributed by atoms with E-state index in [-0.39, 0.29) is 5.97 Å². The Morgan fingerprint density at radius 1 is 1.80 bits per heavy atom. The van der Waals surface area contributed by atoms with Gasteiger partial charge in [0.25, 0.3) is 0 Å². The molecule has 0 aromatic heterocycles. The molecule has 10 heavy (non-hydrogen) atoms. The van der Waals surface area contributed by atoms with Crippen LogP contribution in [-0.2, 0) is 9.63 Å². The Kier molecular flexibility index (Phi) is 4.58. The van der Waals surface area contributed by atoms with Crippen molar-refractivity contribution >= 4 is 5.97 Å². The zero-order valence-corrected chi connectivity index (χ0v) is 6.46. The van der Waals surface area contributed by atoms with Crippen LogP contribution in [0, 0.1) is 0 Å². The first-order valence-electron chi connectivity index (χ1n) is 3.17. The second kappa shape index (κ2) is 4.99. The molecule has 3 nitrogen and oxygen atoms in total. The third-order valence-electron chi connectivity index (χ3n) is 0.933.